The highest BCUT2D eigenvalue weighted by molar-refractivity contribution is 6.30. The first-order valence-electron chi connectivity index (χ1n) is 13.2. The molecule has 0 unspecified atom stereocenters. The van der Waals surface area contributed by atoms with Gasteiger partial charge in [0.05, 0.1) is 12.0 Å². The molecule has 1 aliphatic carbocycles. The first-order chi connectivity index (χ1) is 18.0. The fourth-order valence-corrected chi connectivity index (χ4v) is 6.22. The van der Waals surface area contributed by atoms with Crippen LogP contribution >= 0.6 is 11.6 Å². The number of nitrogens with one attached hydrogen (secondary N) is 3. The molecule has 4 fully saturated rings. The van der Waals surface area contributed by atoms with Gasteiger partial charge in [0.1, 0.15) is 18.1 Å². The fraction of sp³-hybridized carbons (Fsp3) is 0.630. The van der Waals surface area contributed by atoms with Crippen LogP contribution in [-0.4, -0.2) is 59.3 Å². The molecule has 3 heterocycles. The summed E-state index contributed by atoms with van der Waals surface area (Å²) in [6, 6.07) is 4.89. The third-order valence-electron chi connectivity index (χ3n) is 7.78. The second kappa shape index (κ2) is 11.4. The molecule has 206 valence electrons. The van der Waals surface area contributed by atoms with Crippen LogP contribution in [0.25, 0.3) is 0 Å². The molecule has 0 radical (unpaired) electrons. The third kappa shape index (κ3) is 6.04. The number of hydrogen-bond donors (Lipinski definition) is 3. The Morgan fingerprint density at radius 1 is 1.29 bits per heavy atom. The summed E-state index contributed by atoms with van der Waals surface area (Å²) >= 11 is 6.12. The average molecular weight is 550 g/mol. The van der Waals surface area contributed by atoms with Gasteiger partial charge in [0, 0.05) is 35.6 Å². The van der Waals surface area contributed by atoms with E-state index in [1.54, 1.807) is 24.3 Å². The molecular formula is C27H34ClF2N5O3. The van der Waals surface area contributed by atoms with Gasteiger partial charge in [-0.25, -0.2) is 8.78 Å². The van der Waals surface area contributed by atoms with E-state index in [4.69, 9.17) is 11.6 Å². The molecule has 38 heavy (non-hydrogen) atoms. The summed E-state index contributed by atoms with van der Waals surface area (Å²) in [5, 5.41) is 18.6. The van der Waals surface area contributed by atoms with E-state index in [2.05, 4.69) is 16.0 Å². The number of alkyl halides is 2. The lowest BCUT2D eigenvalue weighted by Gasteiger charge is -2.54. The number of benzene rings is 1. The molecule has 6 atom stereocenters. The largest absolute Gasteiger partial charge is 0.374 e. The van der Waals surface area contributed by atoms with Gasteiger partial charge in [-0.15, -0.1) is 0 Å². The standard InChI is InChI=1S/C27H34ClF2N5O3/c1-15(2)10-22(33-18-5-3-4-17(28)12-18)26(38)35-20-6-7-21(27(29,30)13-20)23(35)25(37)34-19(14-31)11-16-8-9-32-24(16)36/h3-5,12,15-16,19-23,33H,6-11,13H2,1-2H3,(H,32,36)(H,34,37)/t16-,19-,20-,21-,22+,23-/m1/s1. The van der Waals surface area contributed by atoms with Gasteiger partial charge >= 0.3 is 0 Å². The molecule has 0 aromatic heterocycles. The molecule has 1 aromatic carbocycles. The van der Waals surface area contributed by atoms with E-state index < -0.39 is 60.2 Å². The molecule has 1 aromatic rings. The molecule has 3 saturated heterocycles. The van der Waals surface area contributed by atoms with Crippen molar-refractivity contribution in [3.05, 3.63) is 29.3 Å². The summed E-state index contributed by atoms with van der Waals surface area (Å²) in [4.78, 5) is 40.9. The Labute approximate surface area is 226 Å². The number of rotatable bonds is 9. The highest BCUT2D eigenvalue weighted by Crippen LogP contribution is 2.49. The smallest absolute Gasteiger partial charge is 0.255 e. The Hall–Kier alpha value is -2.93. The van der Waals surface area contributed by atoms with E-state index in [0.717, 1.165) is 0 Å². The molecule has 1 saturated carbocycles. The zero-order valence-corrected chi connectivity index (χ0v) is 22.3. The van der Waals surface area contributed by atoms with E-state index in [1.807, 2.05) is 19.9 Å². The summed E-state index contributed by atoms with van der Waals surface area (Å²) in [7, 11) is 0. The molecule has 3 amide bonds. The van der Waals surface area contributed by atoms with Gasteiger partial charge < -0.3 is 20.9 Å². The highest BCUT2D eigenvalue weighted by atomic mass is 35.5. The van der Waals surface area contributed by atoms with Crippen molar-refractivity contribution in [3.63, 3.8) is 0 Å². The third-order valence-corrected chi connectivity index (χ3v) is 8.02. The molecule has 3 aliphatic heterocycles. The van der Waals surface area contributed by atoms with Crippen LogP contribution in [0.5, 0.6) is 0 Å². The molecule has 3 N–H and O–H groups in total. The van der Waals surface area contributed by atoms with Crippen LogP contribution in [0.4, 0.5) is 14.5 Å². The number of nitrogens with zero attached hydrogens (tertiary/aromatic N) is 2. The van der Waals surface area contributed by atoms with E-state index >= 15 is 8.78 Å². The van der Waals surface area contributed by atoms with E-state index in [-0.39, 0.29) is 24.7 Å². The topological polar surface area (TPSA) is 114 Å². The molecule has 5 rings (SSSR count). The van der Waals surface area contributed by atoms with Crippen LogP contribution in [0.15, 0.2) is 24.3 Å². The molecule has 11 heteroatoms. The van der Waals surface area contributed by atoms with Crippen LogP contribution in [0.1, 0.15) is 52.4 Å². The minimum atomic E-state index is -3.11. The Kier molecular flexibility index (Phi) is 8.46. The molecule has 4 aliphatic rings. The van der Waals surface area contributed by atoms with Crippen LogP contribution in [-0.2, 0) is 14.4 Å². The number of hydrogen-bond acceptors (Lipinski definition) is 5. The summed E-state index contributed by atoms with van der Waals surface area (Å²) in [5.41, 5.74) is 0.615. The van der Waals surface area contributed by atoms with Gasteiger partial charge in [0.2, 0.25) is 17.7 Å². The van der Waals surface area contributed by atoms with Crippen molar-refractivity contribution in [3.8, 4) is 6.07 Å². The lowest BCUT2D eigenvalue weighted by atomic mass is 9.71. The Morgan fingerprint density at radius 2 is 2.05 bits per heavy atom. The van der Waals surface area contributed by atoms with Crippen molar-refractivity contribution >= 4 is 35.0 Å². The summed E-state index contributed by atoms with van der Waals surface area (Å²) in [5.74, 6) is -6.18. The normalized spacial score (nSPS) is 27.4. The van der Waals surface area contributed by atoms with Gasteiger partial charge in [-0.2, -0.15) is 5.26 Å². The zero-order chi connectivity index (χ0) is 27.6. The van der Waals surface area contributed by atoms with Crippen molar-refractivity contribution in [2.75, 3.05) is 11.9 Å². The monoisotopic (exact) mass is 549 g/mol. The quantitative estimate of drug-likeness (QED) is 0.434. The number of carbonyl (C=O) groups excluding carboxylic acids is 3. The predicted molar refractivity (Wildman–Crippen MR) is 138 cm³/mol. The van der Waals surface area contributed by atoms with Gasteiger partial charge in [-0.05, 0) is 56.2 Å². The number of nitriles is 1. The summed E-state index contributed by atoms with van der Waals surface area (Å²) in [6.45, 7) is 4.40. The molecule has 2 bridgehead atoms. The van der Waals surface area contributed by atoms with Crippen molar-refractivity contribution < 1.29 is 23.2 Å². The van der Waals surface area contributed by atoms with Crippen molar-refractivity contribution in [2.24, 2.45) is 17.8 Å². The van der Waals surface area contributed by atoms with E-state index in [1.165, 1.54) is 4.90 Å². The Morgan fingerprint density at radius 3 is 2.66 bits per heavy atom. The lowest BCUT2D eigenvalue weighted by Crippen LogP contribution is -2.70. The second-order valence-corrected chi connectivity index (χ2v) is 11.5. The van der Waals surface area contributed by atoms with E-state index in [0.29, 0.717) is 36.5 Å². The maximum absolute atomic E-state index is 15.1. The highest BCUT2D eigenvalue weighted by Gasteiger charge is 2.61. The number of carbonyl (C=O) groups is 3. The number of amides is 3. The number of halogens is 3. The minimum absolute atomic E-state index is 0.0888. The van der Waals surface area contributed by atoms with Crippen molar-refractivity contribution in [1.82, 2.24) is 15.5 Å². The SMILES string of the molecule is CC(C)C[C@H](Nc1cccc(Cl)c1)C(=O)N1[C@@H]2CC[C@H]([C@@H]1C(=O)N[C@@H](C#N)C[C@H]1CCNC1=O)C(F)(F)C2. The van der Waals surface area contributed by atoms with Crippen molar-refractivity contribution in [2.45, 2.75) is 82.5 Å². The molecule has 8 nitrogen and oxygen atoms in total. The Bertz CT molecular complexity index is 1110. The van der Waals surface area contributed by atoms with Gasteiger partial charge in [0.25, 0.3) is 5.92 Å². The number of piperidine rings is 2. The average Bonchev–Trinajstić information content (AvgIpc) is 3.25. The Balaban J connectivity index is 1.59. The summed E-state index contributed by atoms with van der Waals surface area (Å²) in [6.07, 6.45) is 1.04. The first-order valence-corrected chi connectivity index (χ1v) is 13.6. The zero-order valence-electron chi connectivity index (χ0n) is 21.6. The van der Waals surface area contributed by atoms with E-state index in [9.17, 15) is 19.6 Å². The second-order valence-electron chi connectivity index (χ2n) is 11.0. The van der Waals surface area contributed by atoms with Gasteiger partial charge in [-0.3, -0.25) is 14.4 Å². The van der Waals surface area contributed by atoms with Gasteiger partial charge in [-0.1, -0.05) is 31.5 Å². The molecule has 0 spiro atoms. The first kappa shape index (κ1) is 28.1. The summed E-state index contributed by atoms with van der Waals surface area (Å²) < 4.78 is 30.2. The number of fused-ring (bicyclic) bond motifs is 3. The number of anilines is 1. The van der Waals surface area contributed by atoms with Crippen LogP contribution in [0, 0.1) is 29.1 Å². The predicted octanol–water partition coefficient (Wildman–Crippen LogP) is 3.72. The lowest BCUT2D eigenvalue weighted by molar-refractivity contribution is -0.194. The van der Waals surface area contributed by atoms with Crippen LogP contribution in [0.3, 0.4) is 0 Å². The van der Waals surface area contributed by atoms with Gasteiger partial charge in [0.15, 0.2) is 0 Å². The minimum Gasteiger partial charge on any atom is -0.374 e. The fourth-order valence-electron chi connectivity index (χ4n) is 6.03. The van der Waals surface area contributed by atoms with Crippen molar-refractivity contribution in [1.29, 1.82) is 5.26 Å². The van der Waals surface area contributed by atoms with Crippen LogP contribution < -0.4 is 16.0 Å². The maximum atomic E-state index is 15.1. The maximum Gasteiger partial charge on any atom is 0.255 e. The van der Waals surface area contributed by atoms with Crippen LogP contribution in [0.2, 0.25) is 5.02 Å². The molecular weight excluding hydrogens is 516 g/mol.